The Labute approximate surface area is 170 Å². The molecule has 0 aliphatic carbocycles. The van der Waals surface area contributed by atoms with Crippen molar-refractivity contribution < 1.29 is 13.2 Å². The van der Waals surface area contributed by atoms with E-state index in [1.807, 2.05) is 6.92 Å². The Bertz CT molecular complexity index is 1250. The predicted molar refractivity (Wildman–Crippen MR) is 106 cm³/mol. The molecule has 0 radical (unpaired) electrons. The van der Waals surface area contributed by atoms with Crippen molar-refractivity contribution in [3.8, 4) is 0 Å². The third kappa shape index (κ3) is 3.09. The molecule has 1 aliphatic heterocycles. The minimum atomic E-state index is -2.96. The first kappa shape index (κ1) is 18.9. The van der Waals surface area contributed by atoms with Crippen LogP contribution in [0.5, 0.6) is 0 Å². The van der Waals surface area contributed by atoms with Gasteiger partial charge in [0.1, 0.15) is 23.2 Å². The van der Waals surface area contributed by atoms with E-state index in [1.54, 1.807) is 41.2 Å². The fraction of sp³-hybridized carbons (Fsp3) is 0.333. The second-order valence-electron chi connectivity index (χ2n) is 7.85. The normalized spacial score (nSPS) is 19.2. The van der Waals surface area contributed by atoms with Crippen LogP contribution in [0.15, 0.2) is 36.8 Å². The molecule has 4 aromatic rings. The van der Waals surface area contributed by atoms with Gasteiger partial charge in [-0.05, 0) is 32.2 Å². The minimum Gasteiger partial charge on any atom is -0.316 e. The largest absolute Gasteiger partial charge is 0.316 e. The summed E-state index contributed by atoms with van der Waals surface area (Å²) < 4.78 is 45.6. The van der Waals surface area contributed by atoms with Crippen LogP contribution in [0.2, 0.25) is 0 Å². The molecule has 4 heterocycles. The SMILES string of the molecule is Cc1cnc(Cc2nc3cnc4ccc(F)cc4c3n2[C@H]2CN(C)CC2(F)F)cn1. The number of halogens is 3. The zero-order valence-corrected chi connectivity index (χ0v) is 16.5. The molecule has 30 heavy (non-hydrogen) atoms. The van der Waals surface area contributed by atoms with Gasteiger partial charge in [0.2, 0.25) is 0 Å². The smallest absolute Gasteiger partial charge is 0.282 e. The Morgan fingerprint density at radius 2 is 1.93 bits per heavy atom. The van der Waals surface area contributed by atoms with E-state index in [9.17, 15) is 13.2 Å². The highest BCUT2D eigenvalue weighted by molar-refractivity contribution is 6.02. The van der Waals surface area contributed by atoms with Crippen LogP contribution in [0.25, 0.3) is 21.9 Å². The lowest BCUT2D eigenvalue weighted by atomic mass is 10.1. The molecule has 6 nitrogen and oxygen atoms in total. The van der Waals surface area contributed by atoms with Gasteiger partial charge >= 0.3 is 0 Å². The van der Waals surface area contributed by atoms with Crippen molar-refractivity contribution in [2.75, 3.05) is 20.1 Å². The first-order valence-electron chi connectivity index (χ1n) is 9.61. The number of pyridine rings is 1. The molecule has 1 saturated heterocycles. The summed E-state index contributed by atoms with van der Waals surface area (Å²) >= 11 is 0. The van der Waals surface area contributed by atoms with Crippen LogP contribution in [0, 0.1) is 12.7 Å². The summed E-state index contributed by atoms with van der Waals surface area (Å²) in [6.45, 7) is 1.63. The summed E-state index contributed by atoms with van der Waals surface area (Å²) in [5, 5.41) is 0.464. The topological polar surface area (TPSA) is 59.7 Å². The third-order valence-electron chi connectivity index (χ3n) is 5.49. The second kappa shape index (κ2) is 6.73. The summed E-state index contributed by atoms with van der Waals surface area (Å²) in [4.78, 5) is 19.1. The number of rotatable bonds is 3. The molecule has 154 valence electrons. The van der Waals surface area contributed by atoms with Gasteiger partial charge in [-0.1, -0.05) is 0 Å². The number of hydrogen-bond acceptors (Lipinski definition) is 5. The van der Waals surface area contributed by atoms with E-state index in [0.29, 0.717) is 33.5 Å². The maximum absolute atomic E-state index is 15.0. The van der Waals surface area contributed by atoms with E-state index >= 15 is 0 Å². The van der Waals surface area contributed by atoms with Gasteiger partial charge in [-0.25, -0.2) is 18.2 Å². The van der Waals surface area contributed by atoms with Gasteiger partial charge in [0, 0.05) is 30.7 Å². The molecule has 0 amide bonds. The predicted octanol–water partition coefficient (Wildman–Crippen LogP) is 3.53. The summed E-state index contributed by atoms with van der Waals surface area (Å²) in [5.74, 6) is -2.98. The lowest BCUT2D eigenvalue weighted by Gasteiger charge is -2.22. The van der Waals surface area contributed by atoms with E-state index in [0.717, 1.165) is 5.69 Å². The molecule has 1 aromatic carbocycles. The van der Waals surface area contributed by atoms with Crippen LogP contribution in [0.3, 0.4) is 0 Å². The zero-order chi connectivity index (χ0) is 21.0. The number of imidazole rings is 1. The Hall–Kier alpha value is -3.07. The van der Waals surface area contributed by atoms with Crippen LogP contribution >= 0.6 is 0 Å². The van der Waals surface area contributed by atoms with Gasteiger partial charge in [-0.15, -0.1) is 0 Å². The van der Waals surface area contributed by atoms with Gasteiger partial charge in [-0.3, -0.25) is 19.9 Å². The van der Waals surface area contributed by atoms with Gasteiger partial charge < -0.3 is 4.57 Å². The molecule has 0 unspecified atom stereocenters. The number of aryl methyl sites for hydroxylation is 1. The van der Waals surface area contributed by atoms with Gasteiger partial charge in [0.05, 0.1) is 35.2 Å². The second-order valence-corrected chi connectivity index (χ2v) is 7.85. The minimum absolute atomic E-state index is 0.157. The monoisotopic (exact) mass is 412 g/mol. The molecule has 1 fully saturated rings. The van der Waals surface area contributed by atoms with E-state index in [-0.39, 0.29) is 19.5 Å². The number of benzene rings is 1. The Balaban J connectivity index is 1.77. The van der Waals surface area contributed by atoms with Crippen molar-refractivity contribution in [3.05, 3.63) is 59.8 Å². The summed E-state index contributed by atoms with van der Waals surface area (Å²) in [7, 11) is 1.66. The highest BCUT2D eigenvalue weighted by Crippen LogP contribution is 2.40. The van der Waals surface area contributed by atoms with Gasteiger partial charge in [0.25, 0.3) is 5.92 Å². The highest BCUT2D eigenvalue weighted by atomic mass is 19.3. The highest BCUT2D eigenvalue weighted by Gasteiger charge is 2.49. The van der Waals surface area contributed by atoms with E-state index in [1.165, 1.54) is 12.1 Å². The number of hydrogen-bond donors (Lipinski definition) is 0. The standard InChI is InChI=1S/C21H19F3N6/c1-12-7-26-14(8-25-12)6-19-28-17-9-27-16-4-3-13(22)5-15(16)20(17)30(19)18-10-29(2)11-21(18,23)24/h3-5,7-9,18H,6,10-11H2,1-2H3/t18-/m0/s1. The van der Waals surface area contributed by atoms with E-state index in [2.05, 4.69) is 19.9 Å². The van der Waals surface area contributed by atoms with Crippen molar-refractivity contribution in [2.45, 2.75) is 25.3 Å². The molecule has 0 saturated carbocycles. The molecule has 0 spiro atoms. The van der Waals surface area contributed by atoms with Gasteiger partial charge in [-0.2, -0.15) is 0 Å². The number of alkyl halides is 2. The number of aromatic nitrogens is 5. The Morgan fingerprint density at radius 3 is 2.63 bits per heavy atom. The zero-order valence-electron chi connectivity index (χ0n) is 16.5. The average molecular weight is 412 g/mol. The number of fused-ring (bicyclic) bond motifs is 3. The molecule has 5 rings (SSSR count). The van der Waals surface area contributed by atoms with Crippen LogP contribution in [0.4, 0.5) is 13.2 Å². The fourth-order valence-corrected chi connectivity index (χ4v) is 4.16. The first-order valence-corrected chi connectivity index (χ1v) is 9.61. The van der Waals surface area contributed by atoms with Crippen molar-refractivity contribution in [1.29, 1.82) is 0 Å². The Kier molecular flexibility index (Phi) is 4.25. The summed E-state index contributed by atoms with van der Waals surface area (Å²) in [6, 6.07) is 3.05. The van der Waals surface area contributed by atoms with E-state index < -0.39 is 17.8 Å². The van der Waals surface area contributed by atoms with E-state index in [4.69, 9.17) is 0 Å². The average Bonchev–Trinajstić information content (AvgIpc) is 3.18. The molecule has 0 N–H and O–H groups in total. The molecule has 1 aliphatic rings. The number of likely N-dealkylation sites (N-methyl/N-ethyl adjacent to an activating group) is 1. The third-order valence-corrected chi connectivity index (χ3v) is 5.49. The van der Waals surface area contributed by atoms with Crippen LogP contribution in [0.1, 0.15) is 23.3 Å². The molecule has 1 atom stereocenters. The van der Waals surface area contributed by atoms with Crippen molar-refractivity contribution in [1.82, 2.24) is 29.4 Å². The van der Waals surface area contributed by atoms with Gasteiger partial charge in [0.15, 0.2) is 0 Å². The number of nitrogens with zero attached hydrogens (tertiary/aromatic N) is 6. The molecule has 0 bridgehead atoms. The van der Waals surface area contributed by atoms with Crippen molar-refractivity contribution in [3.63, 3.8) is 0 Å². The fourth-order valence-electron chi connectivity index (χ4n) is 4.16. The quantitative estimate of drug-likeness (QED) is 0.515. The molecule has 9 heteroatoms. The maximum Gasteiger partial charge on any atom is 0.282 e. The lowest BCUT2D eigenvalue weighted by Crippen LogP contribution is -2.30. The summed E-state index contributed by atoms with van der Waals surface area (Å²) in [5.41, 5.74) is 2.83. The lowest BCUT2D eigenvalue weighted by molar-refractivity contribution is -0.0200. The summed E-state index contributed by atoms with van der Waals surface area (Å²) in [6.07, 6.45) is 5.03. The Morgan fingerprint density at radius 1 is 1.10 bits per heavy atom. The van der Waals surface area contributed by atoms with Crippen molar-refractivity contribution >= 4 is 21.9 Å². The van der Waals surface area contributed by atoms with Crippen LogP contribution in [-0.2, 0) is 6.42 Å². The first-order chi connectivity index (χ1) is 14.3. The van der Waals surface area contributed by atoms with Crippen LogP contribution in [-0.4, -0.2) is 55.5 Å². The molecular weight excluding hydrogens is 393 g/mol. The maximum atomic E-state index is 15.0. The molecule has 3 aromatic heterocycles. The van der Waals surface area contributed by atoms with Crippen LogP contribution < -0.4 is 0 Å². The van der Waals surface area contributed by atoms with Crippen molar-refractivity contribution in [2.24, 2.45) is 0 Å². The number of likely N-dealkylation sites (tertiary alicyclic amines) is 1. The molecular formula is C21H19F3N6.